The Bertz CT molecular complexity index is 592. The van der Waals surface area contributed by atoms with E-state index in [0.29, 0.717) is 11.3 Å². The van der Waals surface area contributed by atoms with Crippen LogP contribution in [-0.2, 0) is 11.3 Å². The van der Waals surface area contributed by atoms with Gasteiger partial charge in [0, 0.05) is 6.07 Å². The lowest BCUT2D eigenvalue weighted by molar-refractivity contribution is 0.0515. The van der Waals surface area contributed by atoms with Crippen molar-refractivity contribution in [3.8, 4) is 11.6 Å². The Morgan fingerprint density at radius 1 is 1.42 bits per heavy atom. The summed E-state index contributed by atoms with van der Waals surface area (Å²) in [7, 11) is 0. The van der Waals surface area contributed by atoms with E-state index in [0.717, 1.165) is 0 Å². The molecule has 2 aromatic rings. The molecular formula is C13H14N2O4. The summed E-state index contributed by atoms with van der Waals surface area (Å²) in [5, 5.41) is 22.4. The van der Waals surface area contributed by atoms with Gasteiger partial charge in [0.2, 0.25) is 5.88 Å². The molecule has 0 spiro atoms. The van der Waals surface area contributed by atoms with Gasteiger partial charge in [0.25, 0.3) is 0 Å². The minimum absolute atomic E-state index is 0.115. The van der Waals surface area contributed by atoms with E-state index >= 15 is 0 Å². The Morgan fingerprint density at radius 2 is 2.21 bits per heavy atom. The molecule has 2 N–H and O–H groups in total. The highest BCUT2D eigenvalue weighted by atomic mass is 16.5. The van der Waals surface area contributed by atoms with Crippen LogP contribution >= 0.6 is 0 Å². The maximum atomic E-state index is 11.8. The number of carbonyl (C=O) groups is 1. The van der Waals surface area contributed by atoms with Gasteiger partial charge in [-0.3, -0.25) is 0 Å². The molecule has 0 saturated heterocycles. The molecule has 100 valence electrons. The second kappa shape index (κ2) is 5.53. The molecule has 0 atom stereocenters. The lowest BCUT2D eigenvalue weighted by Gasteiger charge is -2.07. The number of ether oxygens (including phenoxy) is 1. The number of carbonyl (C=O) groups excluding carboxylic acids is 1. The van der Waals surface area contributed by atoms with Crippen LogP contribution in [0.25, 0.3) is 5.69 Å². The van der Waals surface area contributed by atoms with Gasteiger partial charge in [-0.05, 0) is 24.6 Å². The molecule has 19 heavy (non-hydrogen) atoms. The molecule has 1 aromatic carbocycles. The quantitative estimate of drug-likeness (QED) is 0.810. The summed E-state index contributed by atoms with van der Waals surface area (Å²) >= 11 is 0. The van der Waals surface area contributed by atoms with Gasteiger partial charge < -0.3 is 14.9 Å². The fourth-order valence-electron chi connectivity index (χ4n) is 1.70. The topological polar surface area (TPSA) is 84.6 Å². The van der Waals surface area contributed by atoms with Crippen LogP contribution in [0.3, 0.4) is 0 Å². The Hall–Kier alpha value is -2.34. The fraction of sp³-hybridized carbons (Fsp3) is 0.231. The minimum Gasteiger partial charge on any atom is -0.492 e. The predicted molar refractivity (Wildman–Crippen MR) is 67.1 cm³/mol. The van der Waals surface area contributed by atoms with Gasteiger partial charge in [-0.1, -0.05) is 12.1 Å². The van der Waals surface area contributed by atoms with E-state index in [1.165, 1.54) is 10.7 Å². The average molecular weight is 262 g/mol. The summed E-state index contributed by atoms with van der Waals surface area (Å²) in [5.41, 5.74) is 1.38. The summed E-state index contributed by atoms with van der Waals surface area (Å²) in [6.45, 7) is 1.82. The number of nitrogens with zero attached hydrogens (tertiary/aromatic N) is 2. The number of hydrogen-bond acceptors (Lipinski definition) is 5. The third kappa shape index (κ3) is 2.74. The Balaban J connectivity index is 2.46. The molecule has 6 heteroatoms. The van der Waals surface area contributed by atoms with Crippen LogP contribution in [0.15, 0.2) is 30.3 Å². The molecule has 2 rings (SSSR count). The zero-order valence-electron chi connectivity index (χ0n) is 10.4. The van der Waals surface area contributed by atoms with Crippen LogP contribution in [0.4, 0.5) is 0 Å². The van der Waals surface area contributed by atoms with Crippen molar-refractivity contribution in [3.05, 3.63) is 41.6 Å². The Kier molecular flexibility index (Phi) is 3.82. The normalized spacial score (nSPS) is 10.4. The molecule has 0 saturated carbocycles. The summed E-state index contributed by atoms with van der Waals surface area (Å²) in [6, 6.07) is 8.11. The van der Waals surface area contributed by atoms with E-state index in [1.807, 2.05) is 0 Å². The van der Waals surface area contributed by atoms with Crippen molar-refractivity contribution in [2.75, 3.05) is 6.61 Å². The van der Waals surface area contributed by atoms with Gasteiger partial charge in [0.05, 0.1) is 18.9 Å². The maximum absolute atomic E-state index is 11.8. The molecule has 0 fully saturated rings. The standard InChI is InChI=1S/C13H14N2O4/c1-2-19-13(18)11-7-12(17)14-15(11)10-5-3-4-9(6-10)8-16/h3-7,16H,2,8H2,1H3,(H,14,17). The number of aromatic hydroxyl groups is 1. The number of aliphatic hydroxyl groups excluding tert-OH is 1. The third-order valence-electron chi connectivity index (χ3n) is 2.52. The first-order valence-corrected chi connectivity index (χ1v) is 5.82. The maximum Gasteiger partial charge on any atom is 0.357 e. The van der Waals surface area contributed by atoms with Crippen LogP contribution in [-0.4, -0.2) is 32.6 Å². The SMILES string of the molecule is CCOC(=O)c1cc(O)nn1-c1cccc(CO)c1. The molecule has 0 amide bonds. The second-order valence-electron chi connectivity index (χ2n) is 3.85. The smallest absolute Gasteiger partial charge is 0.357 e. The highest BCUT2D eigenvalue weighted by molar-refractivity contribution is 5.88. The zero-order chi connectivity index (χ0) is 13.8. The molecule has 1 heterocycles. The van der Waals surface area contributed by atoms with Gasteiger partial charge in [-0.15, -0.1) is 5.10 Å². The Labute approximate surface area is 109 Å². The van der Waals surface area contributed by atoms with Crippen LogP contribution < -0.4 is 0 Å². The summed E-state index contributed by atoms with van der Waals surface area (Å²) in [5.74, 6) is -0.831. The van der Waals surface area contributed by atoms with Crippen molar-refractivity contribution >= 4 is 5.97 Å². The van der Waals surface area contributed by atoms with Crippen molar-refractivity contribution < 1.29 is 19.7 Å². The molecule has 0 unspecified atom stereocenters. The second-order valence-corrected chi connectivity index (χ2v) is 3.85. The van der Waals surface area contributed by atoms with Crippen molar-refractivity contribution in [2.24, 2.45) is 0 Å². The van der Waals surface area contributed by atoms with E-state index in [9.17, 15) is 9.90 Å². The van der Waals surface area contributed by atoms with Crippen LogP contribution in [0.2, 0.25) is 0 Å². The van der Waals surface area contributed by atoms with E-state index < -0.39 is 5.97 Å². The van der Waals surface area contributed by atoms with Gasteiger partial charge in [-0.25, -0.2) is 9.48 Å². The van der Waals surface area contributed by atoms with E-state index in [2.05, 4.69) is 5.10 Å². The first-order chi connectivity index (χ1) is 9.15. The van der Waals surface area contributed by atoms with Crippen LogP contribution in [0.5, 0.6) is 5.88 Å². The predicted octanol–water partition coefficient (Wildman–Crippen LogP) is 1.25. The number of esters is 1. The lowest BCUT2D eigenvalue weighted by atomic mass is 10.2. The monoisotopic (exact) mass is 262 g/mol. The van der Waals surface area contributed by atoms with Crippen molar-refractivity contribution in [1.82, 2.24) is 9.78 Å². The first-order valence-electron chi connectivity index (χ1n) is 5.82. The van der Waals surface area contributed by atoms with Gasteiger partial charge in [0.1, 0.15) is 0 Å². The summed E-state index contributed by atoms with van der Waals surface area (Å²) < 4.78 is 6.18. The number of hydrogen-bond donors (Lipinski definition) is 2. The molecule has 0 bridgehead atoms. The summed E-state index contributed by atoms with van der Waals surface area (Å²) in [4.78, 5) is 11.8. The van der Waals surface area contributed by atoms with E-state index in [4.69, 9.17) is 9.84 Å². The molecule has 0 aliphatic rings. The van der Waals surface area contributed by atoms with Gasteiger partial charge in [-0.2, -0.15) is 0 Å². The molecule has 6 nitrogen and oxygen atoms in total. The third-order valence-corrected chi connectivity index (χ3v) is 2.52. The molecule has 0 aliphatic heterocycles. The molecule has 0 radical (unpaired) electrons. The molecule has 0 aliphatic carbocycles. The fourth-order valence-corrected chi connectivity index (χ4v) is 1.70. The van der Waals surface area contributed by atoms with E-state index in [1.54, 1.807) is 31.2 Å². The number of rotatable bonds is 4. The highest BCUT2D eigenvalue weighted by Crippen LogP contribution is 2.18. The zero-order valence-corrected chi connectivity index (χ0v) is 10.4. The van der Waals surface area contributed by atoms with Gasteiger partial charge >= 0.3 is 5.97 Å². The van der Waals surface area contributed by atoms with Gasteiger partial charge in [0.15, 0.2) is 5.69 Å². The van der Waals surface area contributed by atoms with Crippen molar-refractivity contribution in [1.29, 1.82) is 0 Å². The number of benzene rings is 1. The largest absolute Gasteiger partial charge is 0.492 e. The van der Waals surface area contributed by atoms with Crippen LogP contribution in [0, 0.1) is 0 Å². The molecule has 1 aromatic heterocycles. The molecular weight excluding hydrogens is 248 g/mol. The van der Waals surface area contributed by atoms with Crippen molar-refractivity contribution in [2.45, 2.75) is 13.5 Å². The lowest BCUT2D eigenvalue weighted by Crippen LogP contribution is -2.12. The van der Waals surface area contributed by atoms with E-state index in [-0.39, 0.29) is 24.8 Å². The number of aromatic nitrogens is 2. The first kappa shape index (κ1) is 13.1. The van der Waals surface area contributed by atoms with Crippen LogP contribution in [0.1, 0.15) is 23.0 Å². The summed E-state index contributed by atoms with van der Waals surface area (Å²) in [6.07, 6.45) is 0. The average Bonchev–Trinajstić information content (AvgIpc) is 2.81. The number of aliphatic hydroxyl groups is 1. The minimum atomic E-state index is -0.565. The van der Waals surface area contributed by atoms with Crippen molar-refractivity contribution in [3.63, 3.8) is 0 Å². The highest BCUT2D eigenvalue weighted by Gasteiger charge is 2.17. The Morgan fingerprint density at radius 3 is 2.89 bits per heavy atom.